The Morgan fingerprint density at radius 2 is 1.93 bits per heavy atom. The van der Waals surface area contributed by atoms with E-state index in [2.05, 4.69) is 11.1 Å². The third kappa shape index (κ3) is 4.79. The van der Waals surface area contributed by atoms with Crippen LogP contribution in [0.5, 0.6) is 0 Å². The maximum Gasteiger partial charge on any atom is 0.270 e. The summed E-state index contributed by atoms with van der Waals surface area (Å²) in [6.07, 6.45) is 3.97. The van der Waals surface area contributed by atoms with Crippen LogP contribution in [0.25, 0.3) is 16.5 Å². The molecule has 1 aliphatic heterocycles. The molecule has 0 aliphatic carbocycles. The van der Waals surface area contributed by atoms with Crippen molar-refractivity contribution in [3.8, 4) is 0 Å². The van der Waals surface area contributed by atoms with E-state index < -0.39 is 0 Å². The molecule has 1 aromatic heterocycles. The molecular weight excluding hydrogens is 378 g/mol. The fourth-order valence-electron chi connectivity index (χ4n) is 3.23. The topological polar surface area (TPSA) is 106 Å². The smallest absolute Gasteiger partial charge is 0.270 e. The number of amides is 2. The first-order valence-electron chi connectivity index (χ1n) is 10.1. The van der Waals surface area contributed by atoms with Crippen LogP contribution >= 0.6 is 0 Å². The number of carbonyl (C=O) groups is 2. The summed E-state index contributed by atoms with van der Waals surface area (Å²) >= 11 is 0. The summed E-state index contributed by atoms with van der Waals surface area (Å²) in [6, 6.07) is 7.83. The average molecular weight is 410 g/mol. The molecule has 3 rings (SSSR count). The second-order valence-electron chi connectivity index (χ2n) is 7.17. The van der Waals surface area contributed by atoms with Crippen LogP contribution < -0.4 is 5.73 Å². The number of rotatable bonds is 4. The Balaban J connectivity index is 0.00000155. The zero-order valence-electron chi connectivity index (χ0n) is 18.4. The average Bonchev–Trinajstić information content (AvgIpc) is 3.21. The van der Waals surface area contributed by atoms with E-state index in [4.69, 9.17) is 11.1 Å². The van der Waals surface area contributed by atoms with E-state index in [9.17, 15) is 9.59 Å². The van der Waals surface area contributed by atoms with Crippen LogP contribution in [0.2, 0.25) is 0 Å². The van der Waals surface area contributed by atoms with Crippen LogP contribution in [0.1, 0.15) is 43.2 Å². The number of aromatic nitrogens is 1. The number of allylic oxidation sites excluding steroid dienone is 1. The van der Waals surface area contributed by atoms with Gasteiger partial charge in [-0.05, 0) is 42.2 Å². The summed E-state index contributed by atoms with van der Waals surface area (Å²) in [4.78, 5) is 31.2. The molecule has 160 valence electrons. The van der Waals surface area contributed by atoms with Gasteiger partial charge in [0.15, 0.2) is 0 Å². The molecular formula is C23H31N5O2. The van der Waals surface area contributed by atoms with Crippen molar-refractivity contribution >= 4 is 34.5 Å². The van der Waals surface area contributed by atoms with Crippen molar-refractivity contribution in [3.63, 3.8) is 0 Å². The highest BCUT2D eigenvalue weighted by Gasteiger charge is 2.22. The molecule has 7 heteroatoms. The fraction of sp³-hybridized carbons (Fsp3) is 0.348. The van der Waals surface area contributed by atoms with Crippen LogP contribution in [-0.4, -0.2) is 60.0 Å². The van der Waals surface area contributed by atoms with E-state index in [1.807, 2.05) is 38.1 Å². The number of fused-ring (bicyclic) bond motifs is 1. The Kier molecular flexibility index (Phi) is 7.58. The van der Waals surface area contributed by atoms with Crippen molar-refractivity contribution < 1.29 is 9.59 Å². The van der Waals surface area contributed by atoms with Gasteiger partial charge >= 0.3 is 0 Å². The Bertz CT molecular complexity index is 1010. The zero-order valence-corrected chi connectivity index (χ0v) is 18.4. The monoisotopic (exact) mass is 409 g/mol. The molecule has 2 heterocycles. The number of H-pyrrole nitrogens is 1. The predicted molar refractivity (Wildman–Crippen MR) is 123 cm³/mol. The van der Waals surface area contributed by atoms with Gasteiger partial charge in [-0.2, -0.15) is 0 Å². The second kappa shape index (κ2) is 9.91. The van der Waals surface area contributed by atoms with Crippen LogP contribution in [0.3, 0.4) is 0 Å². The van der Waals surface area contributed by atoms with Gasteiger partial charge in [0.05, 0.1) is 0 Å². The Hall–Kier alpha value is -3.35. The normalized spacial score (nSPS) is 14.3. The van der Waals surface area contributed by atoms with Crippen molar-refractivity contribution in [3.05, 3.63) is 52.9 Å². The van der Waals surface area contributed by atoms with Crippen LogP contribution in [-0.2, 0) is 4.79 Å². The van der Waals surface area contributed by atoms with E-state index in [1.54, 1.807) is 25.9 Å². The van der Waals surface area contributed by atoms with Crippen molar-refractivity contribution in [2.45, 2.75) is 27.2 Å². The Morgan fingerprint density at radius 3 is 2.57 bits per heavy atom. The molecule has 1 aromatic carbocycles. The number of benzene rings is 1. The maximum absolute atomic E-state index is 12.6. The van der Waals surface area contributed by atoms with Crippen LogP contribution in [0.4, 0.5) is 0 Å². The third-order valence-electron chi connectivity index (χ3n) is 4.94. The second-order valence-corrected chi connectivity index (χ2v) is 7.17. The van der Waals surface area contributed by atoms with Gasteiger partial charge in [-0.1, -0.05) is 32.1 Å². The first-order chi connectivity index (χ1) is 14.3. The Labute approximate surface area is 177 Å². The Morgan fingerprint density at radius 1 is 1.23 bits per heavy atom. The number of nitrogens with one attached hydrogen (secondary N) is 2. The molecule has 7 nitrogen and oxygen atoms in total. The van der Waals surface area contributed by atoms with Gasteiger partial charge in [0.25, 0.3) is 11.8 Å². The first kappa shape index (κ1) is 22.9. The first-order valence-corrected chi connectivity index (χ1v) is 10.1. The molecule has 0 radical (unpaired) electrons. The number of hydrogen-bond acceptors (Lipinski definition) is 4. The number of nitrogens with zero attached hydrogens (tertiary/aromatic N) is 2. The lowest BCUT2D eigenvalue weighted by atomic mass is 9.99. The summed E-state index contributed by atoms with van der Waals surface area (Å²) in [5.41, 5.74) is 9.94. The van der Waals surface area contributed by atoms with E-state index >= 15 is 0 Å². The molecule has 4 N–H and O–H groups in total. The van der Waals surface area contributed by atoms with Gasteiger partial charge in [-0.3, -0.25) is 9.59 Å². The standard InChI is InChI=1S/C21H25N5O2.C2H6/c1-13(11-22)19(23)21(28)26-8-4-5-16(12-26)14-6-7-15-10-18(20(27)25(2)3)24-17(15)9-14;1-2/h5-7,9-11,22,24H,4,8,12,23H2,1-3H3;1-2H3/b19-13-,22-11?;. The van der Waals surface area contributed by atoms with Gasteiger partial charge in [0, 0.05) is 44.3 Å². The van der Waals surface area contributed by atoms with Crippen molar-refractivity contribution in [2.24, 2.45) is 5.73 Å². The third-order valence-corrected chi connectivity index (χ3v) is 4.94. The highest BCUT2D eigenvalue weighted by atomic mass is 16.2. The molecule has 0 unspecified atom stereocenters. The molecule has 0 fully saturated rings. The van der Waals surface area contributed by atoms with Crippen LogP contribution in [0, 0.1) is 5.41 Å². The molecule has 0 spiro atoms. The van der Waals surface area contributed by atoms with E-state index in [0.29, 0.717) is 24.4 Å². The summed E-state index contributed by atoms with van der Waals surface area (Å²) in [7, 11) is 3.44. The molecule has 30 heavy (non-hydrogen) atoms. The number of nitrogens with two attached hydrogens (primary N) is 1. The van der Waals surface area contributed by atoms with Gasteiger partial charge < -0.3 is 25.9 Å². The highest BCUT2D eigenvalue weighted by molar-refractivity contribution is 6.00. The van der Waals surface area contributed by atoms with E-state index in [-0.39, 0.29) is 17.5 Å². The highest BCUT2D eigenvalue weighted by Crippen LogP contribution is 2.26. The quantitative estimate of drug-likeness (QED) is 0.532. The molecule has 0 atom stereocenters. The molecule has 0 bridgehead atoms. The largest absolute Gasteiger partial charge is 0.394 e. The van der Waals surface area contributed by atoms with Gasteiger partial charge in [-0.15, -0.1) is 0 Å². The molecule has 2 amide bonds. The SMILES string of the molecule is C/C(C=N)=C(/N)C(=O)N1CCC=C(c2ccc3cc(C(=O)N(C)C)[nH]c3c2)C1.CC. The molecule has 0 saturated carbocycles. The summed E-state index contributed by atoms with van der Waals surface area (Å²) in [5, 5.41) is 8.25. The predicted octanol–water partition coefficient (Wildman–Crippen LogP) is 3.39. The number of hydrogen-bond donors (Lipinski definition) is 3. The van der Waals surface area contributed by atoms with Crippen molar-refractivity contribution in [1.82, 2.24) is 14.8 Å². The van der Waals surface area contributed by atoms with Gasteiger partial charge in [0.1, 0.15) is 11.4 Å². The zero-order chi connectivity index (χ0) is 22.4. The lowest BCUT2D eigenvalue weighted by Crippen LogP contribution is -2.38. The minimum absolute atomic E-state index is 0.0739. The number of carbonyl (C=O) groups excluding carboxylic acids is 2. The summed E-state index contributed by atoms with van der Waals surface area (Å²) in [5.74, 6) is -0.318. The van der Waals surface area contributed by atoms with Crippen molar-refractivity contribution in [1.29, 1.82) is 5.41 Å². The van der Waals surface area contributed by atoms with E-state index in [1.165, 1.54) is 4.90 Å². The summed E-state index contributed by atoms with van der Waals surface area (Å²) < 4.78 is 0. The molecule has 2 aromatic rings. The van der Waals surface area contributed by atoms with Gasteiger partial charge in [-0.25, -0.2) is 0 Å². The van der Waals surface area contributed by atoms with Gasteiger partial charge in [0.2, 0.25) is 0 Å². The number of aromatic amines is 1. The fourth-order valence-corrected chi connectivity index (χ4v) is 3.23. The lowest BCUT2D eigenvalue weighted by molar-refractivity contribution is -0.126. The lowest BCUT2D eigenvalue weighted by Gasteiger charge is -2.28. The minimum atomic E-state index is -0.244. The summed E-state index contributed by atoms with van der Waals surface area (Å²) in [6.45, 7) is 6.72. The maximum atomic E-state index is 12.6. The van der Waals surface area contributed by atoms with Crippen LogP contribution in [0.15, 0.2) is 41.6 Å². The molecule has 1 aliphatic rings. The molecule has 0 saturated heterocycles. The van der Waals surface area contributed by atoms with E-state index in [0.717, 1.165) is 34.7 Å². The van der Waals surface area contributed by atoms with Crippen molar-refractivity contribution in [2.75, 3.05) is 27.2 Å². The minimum Gasteiger partial charge on any atom is -0.394 e.